The second-order valence-electron chi connectivity index (χ2n) is 4.39. The zero-order valence-electron chi connectivity index (χ0n) is 12.6. The van der Waals surface area contributed by atoms with E-state index in [9.17, 15) is 14.4 Å². The van der Waals surface area contributed by atoms with Gasteiger partial charge in [0.05, 0.1) is 6.42 Å². The summed E-state index contributed by atoms with van der Waals surface area (Å²) in [6.07, 6.45) is -0.810. The molecule has 0 fully saturated rings. The Kier molecular flexibility index (Phi) is 8.06. The molecule has 1 rings (SSSR count). The number of thioether (sulfide) groups is 1. The minimum Gasteiger partial charge on any atom is -0.453 e. The molecule has 3 amide bonds. The van der Waals surface area contributed by atoms with Crippen LogP contribution in [0, 0.1) is 0 Å². The van der Waals surface area contributed by atoms with Crippen LogP contribution in [-0.4, -0.2) is 36.3 Å². The van der Waals surface area contributed by atoms with Crippen LogP contribution in [0.1, 0.15) is 20.3 Å². The molecule has 0 bridgehead atoms. The number of hydrogen-bond acceptors (Lipinski definition) is 5. The second kappa shape index (κ2) is 9.83. The van der Waals surface area contributed by atoms with Crippen molar-refractivity contribution in [2.75, 3.05) is 12.3 Å². The van der Waals surface area contributed by atoms with Gasteiger partial charge in [-0.3, -0.25) is 14.9 Å². The summed E-state index contributed by atoms with van der Waals surface area (Å²) < 4.78 is 4.98. The van der Waals surface area contributed by atoms with Crippen LogP contribution in [0.5, 0.6) is 0 Å². The Morgan fingerprint density at radius 3 is 2.55 bits per heavy atom. The van der Waals surface area contributed by atoms with E-state index in [-0.39, 0.29) is 6.42 Å². The molecule has 22 heavy (non-hydrogen) atoms. The summed E-state index contributed by atoms with van der Waals surface area (Å²) in [7, 11) is 0. The first-order valence-corrected chi connectivity index (χ1v) is 7.97. The molecule has 1 aromatic rings. The van der Waals surface area contributed by atoms with E-state index >= 15 is 0 Å². The SMILES string of the molecule is CCNC(=O)NC(=O)[C@@H](C)OC(=O)CCSc1ccccc1. The number of benzene rings is 1. The predicted molar refractivity (Wildman–Crippen MR) is 84.6 cm³/mol. The molecule has 0 aliphatic carbocycles. The van der Waals surface area contributed by atoms with Crippen LogP contribution in [0.2, 0.25) is 0 Å². The van der Waals surface area contributed by atoms with Crippen molar-refractivity contribution in [1.29, 1.82) is 0 Å². The average molecular weight is 324 g/mol. The highest BCUT2D eigenvalue weighted by Crippen LogP contribution is 2.17. The zero-order chi connectivity index (χ0) is 16.4. The number of carbonyl (C=O) groups excluding carboxylic acids is 3. The largest absolute Gasteiger partial charge is 0.453 e. The quantitative estimate of drug-likeness (QED) is 0.591. The maximum Gasteiger partial charge on any atom is 0.321 e. The molecule has 1 atom stereocenters. The van der Waals surface area contributed by atoms with Crippen molar-refractivity contribution in [2.24, 2.45) is 0 Å². The number of imide groups is 1. The summed E-state index contributed by atoms with van der Waals surface area (Å²) >= 11 is 1.54. The van der Waals surface area contributed by atoms with Gasteiger partial charge in [0.2, 0.25) is 0 Å². The van der Waals surface area contributed by atoms with Gasteiger partial charge < -0.3 is 10.1 Å². The molecule has 1 aromatic carbocycles. The Balaban J connectivity index is 2.26. The Morgan fingerprint density at radius 2 is 1.91 bits per heavy atom. The Bertz CT molecular complexity index is 508. The van der Waals surface area contributed by atoms with Crippen molar-refractivity contribution in [3.05, 3.63) is 30.3 Å². The summed E-state index contributed by atoms with van der Waals surface area (Å²) in [6, 6.07) is 9.09. The molecule has 0 saturated heterocycles. The summed E-state index contributed by atoms with van der Waals surface area (Å²) in [6.45, 7) is 3.57. The molecule has 0 saturated carbocycles. The lowest BCUT2D eigenvalue weighted by Crippen LogP contribution is -2.44. The van der Waals surface area contributed by atoms with E-state index in [1.165, 1.54) is 18.7 Å². The maximum atomic E-state index is 11.6. The molecule has 0 aliphatic rings. The molecule has 0 aromatic heterocycles. The van der Waals surface area contributed by atoms with Crippen LogP contribution in [0.3, 0.4) is 0 Å². The van der Waals surface area contributed by atoms with Crippen LogP contribution in [0.25, 0.3) is 0 Å². The Labute approximate surface area is 134 Å². The molecule has 6 nitrogen and oxygen atoms in total. The Morgan fingerprint density at radius 1 is 1.23 bits per heavy atom. The highest BCUT2D eigenvalue weighted by Gasteiger charge is 2.19. The molecule has 7 heteroatoms. The van der Waals surface area contributed by atoms with Gasteiger partial charge >= 0.3 is 12.0 Å². The molecule has 0 aliphatic heterocycles. The van der Waals surface area contributed by atoms with E-state index in [4.69, 9.17) is 4.74 Å². The fraction of sp³-hybridized carbons (Fsp3) is 0.400. The van der Waals surface area contributed by atoms with E-state index in [0.29, 0.717) is 12.3 Å². The van der Waals surface area contributed by atoms with Gasteiger partial charge in [-0.15, -0.1) is 11.8 Å². The standard InChI is InChI=1S/C15H20N2O4S/c1-3-16-15(20)17-14(19)11(2)21-13(18)9-10-22-12-7-5-4-6-8-12/h4-8,11H,3,9-10H2,1-2H3,(H2,16,17,19,20)/t11-/m1/s1. The number of amides is 3. The highest BCUT2D eigenvalue weighted by atomic mass is 32.2. The first-order chi connectivity index (χ1) is 10.5. The number of nitrogens with one attached hydrogen (secondary N) is 2. The number of hydrogen-bond donors (Lipinski definition) is 2. The molecule has 0 heterocycles. The third-order valence-corrected chi connectivity index (χ3v) is 3.58. The topological polar surface area (TPSA) is 84.5 Å². The fourth-order valence-corrected chi connectivity index (χ4v) is 2.35. The minimum absolute atomic E-state index is 0.193. The zero-order valence-corrected chi connectivity index (χ0v) is 13.4. The van der Waals surface area contributed by atoms with Crippen molar-refractivity contribution in [3.8, 4) is 0 Å². The summed E-state index contributed by atoms with van der Waals surface area (Å²) in [4.78, 5) is 35.5. The van der Waals surface area contributed by atoms with E-state index in [0.717, 1.165) is 4.90 Å². The minimum atomic E-state index is -1.00. The van der Waals surface area contributed by atoms with Gasteiger partial charge in [0, 0.05) is 17.2 Å². The third-order valence-electron chi connectivity index (χ3n) is 2.57. The van der Waals surface area contributed by atoms with Gasteiger partial charge in [-0.05, 0) is 26.0 Å². The van der Waals surface area contributed by atoms with Crippen molar-refractivity contribution < 1.29 is 19.1 Å². The molecule has 120 valence electrons. The third kappa shape index (κ3) is 7.12. The van der Waals surface area contributed by atoms with Gasteiger partial charge in [-0.1, -0.05) is 18.2 Å². The van der Waals surface area contributed by atoms with E-state index in [1.54, 1.807) is 6.92 Å². The monoisotopic (exact) mass is 324 g/mol. The van der Waals surface area contributed by atoms with E-state index in [2.05, 4.69) is 10.6 Å². The number of esters is 1. The van der Waals surface area contributed by atoms with Crippen LogP contribution in [0.15, 0.2) is 35.2 Å². The van der Waals surface area contributed by atoms with E-state index in [1.807, 2.05) is 30.3 Å². The van der Waals surface area contributed by atoms with Gasteiger partial charge in [0.25, 0.3) is 5.91 Å². The molecule has 0 radical (unpaired) electrons. The highest BCUT2D eigenvalue weighted by molar-refractivity contribution is 7.99. The first-order valence-electron chi connectivity index (χ1n) is 6.99. The van der Waals surface area contributed by atoms with Crippen molar-refractivity contribution >= 4 is 29.7 Å². The summed E-state index contributed by atoms with van der Waals surface area (Å²) in [5.41, 5.74) is 0. The molecular formula is C15H20N2O4S. The molecule has 0 unspecified atom stereocenters. The molecular weight excluding hydrogens is 304 g/mol. The first kappa shape index (κ1) is 18.0. The van der Waals surface area contributed by atoms with Crippen LogP contribution < -0.4 is 10.6 Å². The number of carbonyl (C=O) groups is 3. The van der Waals surface area contributed by atoms with Gasteiger partial charge in [-0.25, -0.2) is 4.79 Å². The smallest absolute Gasteiger partial charge is 0.321 e. The number of ether oxygens (including phenoxy) is 1. The molecule has 2 N–H and O–H groups in total. The average Bonchev–Trinajstić information content (AvgIpc) is 2.48. The van der Waals surface area contributed by atoms with Gasteiger partial charge in [0.1, 0.15) is 0 Å². The number of urea groups is 1. The Hall–Kier alpha value is -2.02. The van der Waals surface area contributed by atoms with Crippen LogP contribution in [0.4, 0.5) is 4.79 Å². The van der Waals surface area contributed by atoms with Crippen LogP contribution in [-0.2, 0) is 14.3 Å². The van der Waals surface area contributed by atoms with Crippen molar-refractivity contribution in [1.82, 2.24) is 10.6 Å². The normalized spacial score (nSPS) is 11.4. The predicted octanol–water partition coefficient (Wildman–Crippen LogP) is 1.95. The van der Waals surface area contributed by atoms with Gasteiger partial charge in [0.15, 0.2) is 6.10 Å². The summed E-state index contributed by atoms with van der Waals surface area (Å²) in [5, 5.41) is 4.52. The van der Waals surface area contributed by atoms with Gasteiger partial charge in [-0.2, -0.15) is 0 Å². The molecule has 0 spiro atoms. The lowest BCUT2D eigenvalue weighted by Gasteiger charge is -2.13. The fourth-order valence-electron chi connectivity index (χ4n) is 1.50. The number of rotatable bonds is 7. The maximum absolute atomic E-state index is 11.6. The summed E-state index contributed by atoms with van der Waals surface area (Å²) in [5.74, 6) is -0.551. The van der Waals surface area contributed by atoms with Crippen LogP contribution >= 0.6 is 11.8 Å². The van der Waals surface area contributed by atoms with Crippen molar-refractivity contribution in [3.63, 3.8) is 0 Å². The lowest BCUT2D eigenvalue weighted by molar-refractivity contribution is -0.154. The van der Waals surface area contributed by atoms with Crippen molar-refractivity contribution in [2.45, 2.75) is 31.3 Å². The second-order valence-corrected chi connectivity index (χ2v) is 5.56. The lowest BCUT2D eigenvalue weighted by atomic mass is 10.3. The van der Waals surface area contributed by atoms with E-state index < -0.39 is 24.0 Å².